The summed E-state index contributed by atoms with van der Waals surface area (Å²) in [5.74, 6) is 0.663. The summed E-state index contributed by atoms with van der Waals surface area (Å²) in [4.78, 5) is 0. The molecule has 0 aliphatic rings. The minimum Gasteiger partial charge on any atom is -0.487 e. The fourth-order valence-electron chi connectivity index (χ4n) is 1.40. The van der Waals surface area contributed by atoms with Crippen LogP contribution in [0.2, 0.25) is 5.02 Å². The highest BCUT2D eigenvalue weighted by atomic mass is 35.5. The number of aryl methyl sites for hydroxylation is 1. The summed E-state index contributed by atoms with van der Waals surface area (Å²) in [7, 11) is 0. The minimum atomic E-state index is -0.346. The Balaban J connectivity index is 2.55. The van der Waals surface area contributed by atoms with E-state index in [1.165, 1.54) is 0 Å². The summed E-state index contributed by atoms with van der Waals surface area (Å²) < 4.78 is 16.4. The Morgan fingerprint density at radius 3 is 2.41 bits per heavy atom. The second-order valence-corrected chi connectivity index (χ2v) is 3.99. The van der Waals surface area contributed by atoms with Gasteiger partial charge in [0.1, 0.15) is 12.4 Å². The molecule has 0 amide bonds. The van der Waals surface area contributed by atoms with Gasteiger partial charge < -0.3 is 14.2 Å². The maximum Gasteiger partial charge on any atom is 0.191 e. The smallest absolute Gasteiger partial charge is 0.191 e. The highest BCUT2D eigenvalue weighted by Crippen LogP contribution is 2.25. The topological polar surface area (TPSA) is 27.7 Å². The van der Waals surface area contributed by atoms with Crippen LogP contribution in [0.5, 0.6) is 5.75 Å². The van der Waals surface area contributed by atoms with Crippen LogP contribution in [-0.4, -0.2) is 26.1 Å². The van der Waals surface area contributed by atoms with Gasteiger partial charge in [-0.1, -0.05) is 17.7 Å². The van der Waals surface area contributed by atoms with E-state index in [9.17, 15) is 0 Å². The van der Waals surface area contributed by atoms with Crippen molar-refractivity contribution in [2.24, 2.45) is 0 Å². The van der Waals surface area contributed by atoms with E-state index < -0.39 is 0 Å². The third-order valence-corrected chi connectivity index (χ3v) is 2.48. The Morgan fingerprint density at radius 2 is 1.82 bits per heavy atom. The predicted molar refractivity (Wildman–Crippen MR) is 68.7 cm³/mol. The molecule has 0 unspecified atom stereocenters. The van der Waals surface area contributed by atoms with Gasteiger partial charge in [-0.3, -0.25) is 0 Å². The van der Waals surface area contributed by atoms with Crippen molar-refractivity contribution in [3.05, 3.63) is 28.8 Å². The van der Waals surface area contributed by atoms with Crippen molar-refractivity contribution < 1.29 is 14.2 Å². The molecule has 0 saturated heterocycles. The molecule has 0 bridgehead atoms. The van der Waals surface area contributed by atoms with Crippen molar-refractivity contribution >= 4 is 11.6 Å². The first kappa shape index (κ1) is 14.3. The summed E-state index contributed by atoms with van der Waals surface area (Å²) in [6.45, 7) is 7.36. The first-order valence-corrected chi connectivity index (χ1v) is 6.17. The van der Waals surface area contributed by atoms with Crippen LogP contribution in [-0.2, 0) is 9.47 Å². The lowest BCUT2D eigenvalue weighted by molar-refractivity contribution is -0.152. The molecule has 1 rings (SSSR count). The van der Waals surface area contributed by atoms with Crippen LogP contribution < -0.4 is 4.74 Å². The molecule has 0 radical (unpaired) electrons. The van der Waals surface area contributed by atoms with Gasteiger partial charge in [-0.15, -0.1) is 0 Å². The number of hydrogen-bond donors (Lipinski definition) is 0. The SMILES string of the molecule is CCOC(COc1cc(C)ccc1Cl)OCC. The fraction of sp³-hybridized carbons (Fsp3) is 0.538. The highest BCUT2D eigenvalue weighted by molar-refractivity contribution is 6.32. The van der Waals surface area contributed by atoms with Crippen LogP contribution in [0.15, 0.2) is 18.2 Å². The average Bonchev–Trinajstić information content (AvgIpc) is 2.30. The van der Waals surface area contributed by atoms with E-state index in [4.69, 9.17) is 25.8 Å². The van der Waals surface area contributed by atoms with Gasteiger partial charge in [-0.25, -0.2) is 0 Å². The Morgan fingerprint density at radius 1 is 1.18 bits per heavy atom. The molecule has 3 nitrogen and oxygen atoms in total. The van der Waals surface area contributed by atoms with E-state index in [2.05, 4.69) is 0 Å². The van der Waals surface area contributed by atoms with Gasteiger partial charge in [-0.2, -0.15) is 0 Å². The normalized spacial score (nSPS) is 10.9. The minimum absolute atomic E-state index is 0.338. The highest BCUT2D eigenvalue weighted by Gasteiger charge is 2.10. The lowest BCUT2D eigenvalue weighted by Gasteiger charge is -2.18. The Kier molecular flexibility index (Phi) is 6.34. The second-order valence-electron chi connectivity index (χ2n) is 3.59. The van der Waals surface area contributed by atoms with Gasteiger partial charge in [0.05, 0.1) is 5.02 Å². The zero-order valence-electron chi connectivity index (χ0n) is 10.5. The first-order valence-electron chi connectivity index (χ1n) is 5.79. The monoisotopic (exact) mass is 258 g/mol. The summed E-state index contributed by atoms with van der Waals surface area (Å²) in [5.41, 5.74) is 1.11. The van der Waals surface area contributed by atoms with Crippen LogP contribution in [0, 0.1) is 6.92 Å². The van der Waals surface area contributed by atoms with Crippen molar-refractivity contribution in [3.8, 4) is 5.75 Å². The molecule has 0 aromatic heterocycles. The number of hydrogen-bond acceptors (Lipinski definition) is 3. The number of ether oxygens (including phenoxy) is 3. The summed E-state index contributed by atoms with van der Waals surface area (Å²) >= 11 is 6.03. The number of rotatable bonds is 7. The molecule has 0 aliphatic carbocycles. The predicted octanol–water partition coefficient (Wildman–Crippen LogP) is 3.43. The van der Waals surface area contributed by atoms with E-state index in [0.717, 1.165) is 5.56 Å². The summed E-state index contributed by atoms with van der Waals surface area (Å²) in [6, 6.07) is 5.66. The lowest BCUT2D eigenvalue weighted by Crippen LogP contribution is -2.25. The van der Waals surface area contributed by atoms with Crippen LogP contribution in [0.3, 0.4) is 0 Å². The molecular formula is C13H19ClO3. The van der Waals surface area contributed by atoms with Gasteiger partial charge in [0.15, 0.2) is 6.29 Å². The molecule has 0 heterocycles. The zero-order valence-corrected chi connectivity index (χ0v) is 11.3. The third kappa shape index (κ3) is 4.94. The summed E-state index contributed by atoms with van der Waals surface area (Å²) in [6.07, 6.45) is -0.346. The fourth-order valence-corrected chi connectivity index (χ4v) is 1.57. The standard InChI is InChI=1S/C13H19ClO3/c1-4-15-13(16-5-2)9-17-12-8-10(3)6-7-11(12)14/h6-8,13H,4-5,9H2,1-3H3. The molecule has 17 heavy (non-hydrogen) atoms. The Bertz CT molecular complexity index is 335. The van der Waals surface area contributed by atoms with Crippen LogP contribution in [0.1, 0.15) is 19.4 Å². The first-order chi connectivity index (χ1) is 8.17. The maximum absolute atomic E-state index is 6.03. The maximum atomic E-state index is 6.03. The third-order valence-electron chi connectivity index (χ3n) is 2.17. The van der Waals surface area contributed by atoms with Gasteiger partial charge in [0, 0.05) is 13.2 Å². The van der Waals surface area contributed by atoms with Crippen molar-refractivity contribution in [2.75, 3.05) is 19.8 Å². The van der Waals surface area contributed by atoms with Crippen molar-refractivity contribution in [2.45, 2.75) is 27.1 Å². The van der Waals surface area contributed by atoms with E-state index in [1.54, 1.807) is 0 Å². The van der Waals surface area contributed by atoms with Crippen molar-refractivity contribution in [3.63, 3.8) is 0 Å². The van der Waals surface area contributed by atoms with Gasteiger partial charge in [0.25, 0.3) is 0 Å². The van der Waals surface area contributed by atoms with Crippen molar-refractivity contribution in [1.82, 2.24) is 0 Å². The molecule has 96 valence electrons. The molecule has 0 aliphatic heterocycles. The van der Waals surface area contributed by atoms with E-state index >= 15 is 0 Å². The van der Waals surface area contributed by atoms with Crippen LogP contribution in [0.25, 0.3) is 0 Å². The van der Waals surface area contributed by atoms with Gasteiger partial charge in [-0.05, 0) is 38.5 Å². The van der Waals surface area contributed by atoms with E-state index in [0.29, 0.717) is 30.6 Å². The number of benzene rings is 1. The molecule has 1 aromatic carbocycles. The second kappa shape index (κ2) is 7.54. The zero-order chi connectivity index (χ0) is 12.7. The van der Waals surface area contributed by atoms with Crippen LogP contribution in [0.4, 0.5) is 0 Å². The van der Waals surface area contributed by atoms with Gasteiger partial charge in [0.2, 0.25) is 0 Å². The molecule has 0 atom stereocenters. The largest absolute Gasteiger partial charge is 0.487 e. The quantitative estimate of drug-likeness (QED) is 0.702. The van der Waals surface area contributed by atoms with E-state index in [1.807, 2.05) is 39.0 Å². The molecule has 0 saturated carbocycles. The molecule has 0 spiro atoms. The van der Waals surface area contributed by atoms with E-state index in [-0.39, 0.29) is 6.29 Å². The molecule has 0 N–H and O–H groups in total. The Labute approximate surface area is 108 Å². The Hall–Kier alpha value is -0.770. The van der Waals surface area contributed by atoms with Gasteiger partial charge >= 0.3 is 0 Å². The number of halogens is 1. The van der Waals surface area contributed by atoms with Crippen molar-refractivity contribution in [1.29, 1.82) is 0 Å². The molecule has 1 aromatic rings. The lowest BCUT2D eigenvalue weighted by atomic mass is 10.2. The molecular weight excluding hydrogens is 240 g/mol. The molecule has 4 heteroatoms. The van der Waals surface area contributed by atoms with Crippen LogP contribution >= 0.6 is 11.6 Å². The summed E-state index contributed by atoms with van der Waals surface area (Å²) in [5, 5.41) is 0.599. The average molecular weight is 259 g/mol. The molecule has 0 fully saturated rings.